The fraction of sp³-hybridized carbons (Fsp3) is 0.163. The first kappa shape index (κ1) is 66.7. The predicted octanol–water partition coefficient (Wildman–Crippen LogP) is 22.8. The van der Waals surface area contributed by atoms with Crippen LogP contribution in [0.25, 0.3) is 44.5 Å². The fourth-order valence-electron chi connectivity index (χ4n) is 10.7. The van der Waals surface area contributed by atoms with Crippen molar-refractivity contribution >= 4 is 0 Å². The van der Waals surface area contributed by atoms with Crippen molar-refractivity contribution in [1.82, 2.24) is 0 Å². The van der Waals surface area contributed by atoms with Crippen molar-refractivity contribution < 1.29 is 30.1 Å². The minimum atomic E-state index is -0.543. The lowest BCUT2D eigenvalue weighted by Crippen LogP contribution is -2.04. The summed E-state index contributed by atoms with van der Waals surface area (Å²) in [6.07, 6.45) is 0.142. The zero-order valence-corrected chi connectivity index (χ0v) is 54.7. The largest absolute Gasteiger partial charge is 0.337 e. The first-order valence-corrected chi connectivity index (χ1v) is 31.4. The van der Waals surface area contributed by atoms with Crippen LogP contribution >= 0.6 is 0 Å². The molecule has 12 aromatic rings. The molecule has 13 rings (SSSR count). The molecule has 2 N–H and O–H groups in total. The van der Waals surface area contributed by atoms with E-state index in [9.17, 15) is 5.26 Å². The average molecular weight is 1210 g/mol. The van der Waals surface area contributed by atoms with Gasteiger partial charge in [0.05, 0.1) is 0 Å². The maximum Gasteiger partial charge on any atom is 0.165 e. The highest BCUT2D eigenvalue weighted by atomic mass is 17.2. The van der Waals surface area contributed by atoms with Crippen molar-refractivity contribution in [3.05, 3.63) is 374 Å². The number of hydrogen-bond acceptors (Lipinski definition) is 6. The van der Waals surface area contributed by atoms with E-state index >= 15 is 0 Å². The van der Waals surface area contributed by atoms with Gasteiger partial charge in [0, 0.05) is 0 Å². The molecule has 12 aromatic carbocycles. The quantitative estimate of drug-likeness (QED) is 0.0885. The van der Waals surface area contributed by atoms with Crippen molar-refractivity contribution in [1.29, 1.82) is 0 Å². The molecular weight excluding hydrogens is 1130 g/mol. The van der Waals surface area contributed by atoms with Crippen molar-refractivity contribution in [2.24, 2.45) is 0 Å². The molecule has 0 saturated carbocycles. The standard InChI is InChI=1S/C22H22O4.C20H18.C15H16O2.C15H14.C14H14/c1-16-3-7-18(8-4-16)15-24-26-21-13-11-20(12-14-21)22(25-23)19-9-5-17(2)6-10-19;1-15-3-7-17(8-4-15)19-11-13-20(14-12-19)18-9-5-16(2)6-10-18;1-11-3-7-13(8-4-11)15(17-16)14-9-5-12(2)6-10-14;1-10-3-5-14-12(7-10)9-13-8-11(2)4-6-15(13)14;1-11-3-7-13(8-4-11)14-9-5-12(2)6-10-14/h3-14,22-23H,15H2,1-2H3;3-14H,1-2H3;3-10,15-16H,1-2H3;3-8H,9H2,1-2H3;3-10H,1-2H3. The Morgan fingerprint density at radius 2 is 0.500 bits per heavy atom. The Kier molecular flexibility index (Phi) is 23.8. The SMILES string of the molecule is Cc1ccc(-c2ccc(-c3ccc(C)cc3)cc2)cc1.Cc1ccc(-c2ccc(C)cc2)cc1.Cc1ccc(C(OO)c2ccc(C)cc2)cc1.Cc1ccc(COOc2ccc(C(OO)c3ccc(C)cc3)cc2)cc1.Cc1ccc2c(c1)Cc1cc(C)ccc1-2. The summed E-state index contributed by atoms with van der Waals surface area (Å²) in [7, 11) is 0. The number of hydrogen-bond donors (Lipinski definition) is 2. The van der Waals surface area contributed by atoms with E-state index in [1.165, 1.54) is 106 Å². The average Bonchev–Trinajstić information content (AvgIpc) is 1.67. The summed E-state index contributed by atoms with van der Waals surface area (Å²) >= 11 is 0. The van der Waals surface area contributed by atoms with Gasteiger partial charge in [0.15, 0.2) is 5.75 Å². The minimum Gasteiger partial charge on any atom is -0.337 e. The van der Waals surface area contributed by atoms with Gasteiger partial charge in [0.2, 0.25) is 0 Å². The molecule has 0 saturated heterocycles. The van der Waals surface area contributed by atoms with Crippen LogP contribution in [-0.2, 0) is 27.7 Å². The molecule has 6 nitrogen and oxygen atoms in total. The van der Waals surface area contributed by atoms with Gasteiger partial charge in [-0.1, -0.05) is 323 Å². The Morgan fingerprint density at radius 3 is 0.772 bits per heavy atom. The third kappa shape index (κ3) is 19.1. The monoisotopic (exact) mass is 1210 g/mol. The third-order valence-electron chi connectivity index (χ3n) is 16.3. The molecule has 1 unspecified atom stereocenters. The summed E-state index contributed by atoms with van der Waals surface area (Å²) in [4.78, 5) is 19.9. The van der Waals surface area contributed by atoms with E-state index in [-0.39, 0.29) is 0 Å². The van der Waals surface area contributed by atoms with E-state index in [2.05, 4.69) is 209 Å². The van der Waals surface area contributed by atoms with Gasteiger partial charge >= 0.3 is 0 Å². The molecule has 92 heavy (non-hydrogen) atoms. The Hall–Kier alpha value is -9.76. The molecule has 0 bridgehead atoms. The third-order valence-corrected chi connectivity index (χ3v) is 16.3. The molecule has 0 amide bonds. The molecule has 0 spiro atoms. The van der Waals surface area contributed by atoms with Crippen molar-refractivity contribution in [2.45, 2.75) is 94.5 Å². The maximum absolute atomic E-state index is 9.30. The summed E-state index contributed by atoms with van der Waals surface area (Å²) in [5.41, 5.74) is 30.8. The minimum absolute atomic E-state index is 0.369. The first-order valence-electron chi connectivity index (χ1n) is 31.4. The second kappa shape index (κ2) is 32.8. The van der Waals surface area contributed by atoms with Crippen LogP contribution in [0.15, 0.2) is 279 Å². The van der Waals surface area contributed by atoms with Crippen LogP contribution in [0.4, 0.5) is 0 Å². The fourth-order valence-corrected chi connectivity index (χ4v) is 10.7. The molecule has 1 aliphatic rings. The Balaban J connectivity index is 0.000000138. The van der Waals surface area contributed by atoms with Gasteiger partial charge < -0.3 is 4.89 Å². The summed E-state index contributed by atoms with van der Waals surface area (Å²) in [5.74, 6) is 0.585. The van der Waals surface area contributed by atoms with Gasteiger partial charge in [0.1, 0.15) is 18.8 Å². The molecule has 0 aromatic heterocycles. The second-order valence-electron chi connectivity index (χ2n) is 24.1. The lowest BCUT2D eigenvalue weighted by atomic mass is 9.99. The van der Waals surface area contributed by atoms with Crippen LogP contribution in [0.3, 0.4) is 0 Å². The Morgan fingerprint density at radius 1 is 0.272 bits per heavy atom. The van der Waals surface area contributed by atoms with Crippen molar-refractivity contribution in [3.8, 4) is 50.3 Å². The van der Waals surface area contributed by atoms with Gasteiger partial charge in [-0.15, -0.1) is 0 Å². The summed E-state index contributed by atoms with van der Waals surface area (Å²) in [6, 6.07) is 96.0. The predicted molar refractivity (Wildman–Crippen MR) is 380 cm³/mol. The van der Waals surface area contributed by atoms with E-state index in [1.54, 1.807) is 12.1 Å². The van der Waals surface area contributed by atoms with Crippen LogP contribution in [0, 0.1) is 69.2 Å². The van der Waals surface area contributed by atoms with E-state index < -0.39 is 12.2 Å². The zero-order chi connectivity index (χ0) is 64.9. The van der Waals surface area contributed by atoms with Gasteiger partial charge in [-0.05, 0) is 171 Å². The molecule has 464 valence electrons. The molecule has 0 aliphatic heterocycles. The van der Waals surface area contributed by atoms with Gasteiger partial charge in [0.25, 0.3) is 0 Å². The molecule has 6 heteroatoms. The highest BCUT2D eigenvalue weighted by molar-refractivity contribution is 5.77. The number of rotatable bonds is 13. The second-order valence-corrected chi connectivity index (χ2v) is 24.1. The van der Waals surface area contributed by atoms with E-state index in [4.69, 9.17) is 15.0 Å². The van der Waals surface area contributed by atoms with Gasteiger partial charge in [-0.25, -0.2) is 9.78 Å². The lowest BCUT2D eigenvalue weighted by Gasteiger charge is -2.15. The zero-order valence-electron chi connectivity index (χ0n) is 54.7. The smallest absolute Gasteiger partial charge is 0.165 e. The highest BCUT2D eigenvalue weighted by Crippen LogP contribution is 2.37. The van der Waals surface area contributed by atoms with Crippen LogP contribution in [0.5, 0.6) is 5.75 Å². The molecule has 1 atom stereocenters. The van der Waals surface area contributed by atoms with Crippen molar-refractivity contribution in [3.63, 3.8) is 0 Å². The number of benzene rings is 12. The van der Waals surface area contributed by atoms with E-state index in [0.29, 0.717) is 12.4 Å². The summed E-state index contributed by atoms with van der Waals surface area (Å²) < 4.78 is 0. The van der Waals surface area contributed by atoms with Gasteiger partial charge in [-0.2, -0.15) is 4.89 Å². The van der Waals surface area contributed by atoms with Crippen LogP contribution in [0.2, 0.25) is 0 Å². The van der Waals surface area contributed by atoms with Crippen molar-refractivity contribution in [2.75, 3.05) is 0 Å². The number of fused-ring (bicyclic) bond motifs is 3. The van der Waals surface area contributed by atoms with Crippen LogP contribution in [0.1, 0.15) is 107 Å². The molecule has 0 heterocycles. The van der Waals surface area contributed by atoms with E-state index in [0.717, 1.165) is 39.8 Å². The normalized spacial score (nSPS) is 11.2. The molecule has 0 radical (unpaired) electrons. The molecule has 0 fully saturated rings. The van der Waals surface area contributed by atoms with E-state index in [1.807, 2.05) is 137 Å². The maximum atomic E-state index is 9.30. The van der Waals surface area contributed by atoms with Gasteiger partial charge in [-0.3, -0.25) is 10.5 Å². The van der Waals surface area contributed by atoms with Crippen LogP contribution in [-0.4, -0.2) is 10.5 Å². The highest BCUT2D eigenvalue weighted by Gasteiger charge is 2.19. The topological polar surface area (TPSA) is 77.4 Å². The first-order chi connectivity index (χ1) is 44.6. The Bertz CT molecular complexity index is 3990. The molecular formula is C86H84O6. The number of aryl methyl sites for hydroxylation is 10. The molecule has 1 aliphatic carbocycles. The summed E-state index contributed by atoms with van der Waals surface area (Å²) in [6.45, 7) is 21.3. The summed E-state index contributed by atoms with van der Waals surface area (Å²) in [5, 5.41) is 18.4. The lowest BCUT2D eigenvalue weighted by molar-refractivity contribution is -0.270. The Labute approximate surface area is 545 Å². The van der Waals surface area contributed by atoms with Crippen LogP contribution < -0.4 is 4.89 Å².